The molecule has 7 heteroatoms. The number of rotatable bonds is 9. The van der Waals surface area contributed by atoms with Gasteiger partial charge in [-0.3, -0.25) is 14.2 Å². The maximum absolute atomic E-state index is 13.4. The smallest absolute Gasteiger partial charge is 0.262 e. The van der Waals surface area contributed by atoms with Gasteiger partial charge in [0.2, 0.25) is 5.91 Å². The minimum absolute atomic E-state index is 0.0573. The van der Waals surface area contributed by atoms with Gasteiger partial charge in [-0.25, -0.2) is 4.39 Å². The van der Waals surface area contributed by atoms with Gasteiger partial charge in [-0.2, -0.15) is 0 Å². The number of amides is 1. The van der Waals surface area contributed by atoms with Crippen molar-refractivity contribution in [3.63, 3.8) is 0 Å². The lowest BCUT2D eigenvalue weighted by molar-refractivity contribution is -0.131. The van der Waals surface area contributed by atoms with Gasteiger partial charge in [-0.15, -0.1) is 0 Å². The number of hydrogen-bond acceptors (Lipinski definition) is 3. The Morgan fingerprint density at radius 1 is 1.13 bits per heavy atom. The van der Waals surface area contributed by atoms with Crippen LogP contribution in [0.15, 0.2) is 53.3 Å². The second-order valence-electron chi connectivity index (χ2n) is 7.28. The Morgan fingerprint density at radius 3 is 2.70 bits per heavy atom. The molecule has 1 N–H and O–H groups in total. The van der Waals surface area contributed by atoms with E-state index < -0.39 is 0 Å². The van der Waals surface area contributed by atoms with Crippen LogP contribution in [0.3, 0.4) is 0 Å². The second kappa shape index (κ2) is 10.3. The number of aromatic nitrogens is 2. The van der Waals surface area contributed by atoms with Gasteiger partial charge in [0, 0.05) is 26.1 Å². The normalized spacial score (nSPS) is 11.0. The monoisotopic (exact) mass is 427 g/mol. The minimum atomic E-state index is -0.293. The zero-order chi connectivity index (χ0) is 21.5. The number of aromatic amines is 1. The highest BCUT2D eigenvalue weighted by molar-refractivity contribution is 7.71. The number of para-hydroxylation sites is 1. The van der Waals surface area contributed by atoms with Crippen molar-refractivity contribution in [3.8, 4) is 0 Å². The van der Waals surface area contributed by atoms with Gasteiger partial charge >= 0.3 is 0 Å². The van der Waals surface area contributed by atoms with Crippen molar-refractivity contribution in [2.24, 2.45) is 0 Å². The van der Waals surface area contributed by atoms with Crippen LogP contribution in [-0.2, 0) is 17.9 Å². The molecule has 0 atom stereocenters. The van der Waals surface area contributed by atoms with Crippen molar-refractivity contribution in [1.29, 1.82) is 0 Å². The van der Waals surface area contributed by atoms with E-state index in [1.807, 2.05) is 31.2 Å². The van der Waals surface area contributed by atoms with Crippen molar-refractivity contribution < 1.29 is 9.18 Å². The van der Waals surface area contributed by atoms with Crippen LogP contribution in [0.4, 0.5) is 4.39 Å². The Hall–Kier alpha value is -2.80. The maximum Gasteiger partial charge on any atom is 0.262 e. The third-order valence-corrected chi connectivity index (χ3v) is 5.48. The number of nitrogens with one attached hydrogen (secondary N) is 1. The molecule has 0 spiro atoms. The third kappa shape index (κ3) is 5.42. The quantitative estimate of drug-likeness (QED) is 0.394. The van der Waals surface area contributed by atoms with E-state index in [0.29, 0.717) is 36.2 Å². The molecular formula is C23H26FN3O2S. The van der Waals surface area contributed by atoms with Crippen molar-refractivity contribution >= 4 is 29.0 Å². The Labute approximate surface area is 180 Å². The molecule has 3 rings (SSSR count). The van der Waals surface area contributed by atoms with Crippen LogP contribution < -0.4 is 5.56 Å². The van der Waals surface area contributed by atoms with E-state index in [-0.39, 0.29) is 17.3 Å². The lowest BCUT2D eigenvalue weighted by atomic mass is 10.1. The number of carbonyl (C=O) groups excluding carboxylic acids is 1. The standard InChI is InChI=1S/C23H26FN3O2S/c1-2-26(16-17-9-8-10-18(24)15-17)21(28)13-4-3-7-14-27-22(29)19-11-5-6-12-20(19)25-23(27)30/h5-6,8-12,15H,2-4,7,13-14,16H2,1H3,(H,25,30). The Morgan fingerprint density at radius 2 is 1.93 bits per heavy atom. The van der Waals surface area contributed by atoms with E-state index in [1.165, 1.54) is 12.1 Å². The van der Waals surface area contributed by atoms with E-state index in [9.17, 15) is 14.0 Å². The molecule has 5 nitrogen and oxygen atoms in total. The maximum atomic E-state index is 13.4. The molecule has 1 amide bonds. The van der Waals surface area contributed by atoms with Crippen LogP contribution in [0, 0.1) is 10.6 Å². The average molecular weight is 428 g/mol. The topological polar surface area (TPSA) is 58.1 Å². The molecule has 158 valence electrons. The minimum Gasteiger partial charge on any atom is -0.339 e. The zero-order valence-electron chi connectivity index (χ0n) is 17.1. The molecule has 3 aromatic rings. The van der Waals surface area contributed by atoms with E-state index in [0.717, 1.165) is 30.3 Å². The average Bonchev–Trinajstić information content (AvgIpc) is 2.73. The van der Waals surface area contributed by atoms with Gasteiger partial charge in [0.15, 0.2) is 4.77 Å². The fourth-order valence-electron chi connectivity index (χ4n) is 3.52. The molecular weight excluding hydrogens is 401 g/mol. The van der Waals surface area contributed by atoms with Crippen molar-refractivity contribution in [2.75, 3.05) is 6.54 Å². The van der Waals surface area contributed by atoms with Gasteiger partial charge in [0.1, 0.15) is 5.82 Å². The molecule has 2 aromatic carbocycles. The molecule has 0 fully saturated rings. The van der Waals surface area contributed by atoms with Crippen molar-refractivity contribution in [2.45, 2.75) is 45.7 Å². The van der Waals surface area contributed by atoms with E-state index in [4.69, 9.17) is 12.2 Å². The largest absolute Gasteiger partial charge is 0.339 e. The summed E-state index contributed by atoms with van der Waals surface area (Å²) in [5.74, 6) is -0.236. The highest BCUT2D eigenvalue weighted by atomic mass is 32.1. The van der Waals surface area contributed by atoms with Crippen LogP contribution in [0.25, 0.3) is 10.9 Å². The summed E-state index contributed by atoms with van der Waals surface area (Å²) in [6, 6.07) is 13.7. The number of carbonyl (C=O) groups is 1. The number of fused-ring (bicyclic) bond motifs is 1. The Bertz CT molecular complexity index is 1140. The van der Waals surface area contributed by atoms with E-state index in [2.05, 4.69) is 4.98 Å². The molecule has 0 saturated carbocycles. The molecule has 0 aliphatic carbocycles. The summed E-state index contributed by atoms with van der Waals surface area (Å²) in [7, 11) is 0. The lowest BCUT2D eigenvalue weighted by Crippen LogP contribution is -2.30. The van der Waals surface area contributed by atoms with Gasteiger partial charge in [-0.1, -0.05) is 30.7 Å². The van der Waals surface area contributed by atoms with Crippen LogP contribution in [-0.4, -0.2) is 26.9 Å². The Balaban J connectivity index is 1.50. The SMILES string of the molecule is CCN(Cc1cccc(F)c1)C(=O)CCCCCn1c(=S)[nH]c2ccccc2c1=O. The summed E-state index contributed by atoms with van der Waals surface area (Å²) in [6.07, 6.45) is 2.75. The summed E-state index contributed by atoms with van der Waals surface area (Å²) >= 11 is 5.33. The Kier molecular flexibility index (Phi) is 7.52. The lowest BCUT2D eigenvalue weighted by Gasteiger charge is -2.21. The van der Waals surface area contributed by atoms with Gasteiger partial charge in [0.05, 0.1) is 10.9 Å². The summed E-state index contributed by atoms with van der Waals surface area (Å²) < 4.78 is 15.4. The summed E-state index contributed by atoms with van der Waals surface area (Å²) in [5, 5.41) is 0.622. The number of benzene rings is 2. The molecule has 0 radical (unpaired) electrons. The predicted molar refractivity (Wildman–Crippen MR) is 119 cm³/mol. The van der Waals surface area contributed by atoms with E-state index >= 15 is 0 Å². The molecule has 1 aromatic heterocycles. The summed E-state index contributed by atoms with van der Waals surface area (Å²) in [5.41, 5.74) is 1.44. The highest BCUT2D eigenvalue weighted by Crippen LogP contribution is 2.11. The van der Waals surface area contributed by atoms with Gasteiger partial charge < -0.3 is 9.88 Å². The van der Waals surface area contributed by atoms with Crippen molar-refractivity contribution in [3.05, 3.63) is 75.0 Å². The first-order valence-corrected chi connectivity index (χ1v) is 10.6. The fourth-order valence-corrected chi connectivity index (χ4v) is 3.80. The molecule has 0 saturated heterocycles. The summed E-state index contributed by atoms with van der Waals surface area (Å²) in [4.78, 5) is 30.0. The fraction of sp³-hybridized carbons (Fsp3) is 0.348. The zero-order valence-corrected chi connectivity index (χ0v) is 17.9. The van der Waals surface area contributed by atoms with E-state index in [1.54, 1.807) is 21.6 Å². The second-order valence-corrected chi connectivity index (χ2v) is 7.67. The van der Waals surface area contributed by atoms with Crippen LogP contribution in [0.5, 0.6) is 0 Å². The van der Waals surface area contributed by atoms with Gasteiger partial charge in [0.25, 0.3) is 5.56 Å². The molecule has 0 aliphatic heterocycles. The first-order valence-electron chi connectivity index (χ1n) is 10.2. The van der Waals surface area contributed by atoms with Crippen LogP contribution >= 0.6 is 12.2 Å². The third-order valence-electron chi connectivity index (χ3n) is 5.16. The number of hydrogen-bond donors (Lipinski definition) is 1. The molecule has 0 unspecified atom stereocenters. The van der Waals surface area contributed by atoms with Gasteiger partial charge in [-0.05, 0) is 61.8 Å². The van der Waals surface area contributed by atoms with Crippen LogP contribution in [0.2, 0.25) is 0 Å². The van der Waals surface area contributed by atoms with Crippen LogP contribution in [0.1, 0.15) is 38.2 Å². The number of unbranched alkanes of at least 4 members (excludes halogenated alkanes) is 2. The first-order chi connectivity index (χ1) is 14.5. The molecule has 30 heavy (non-hydrogen) atoms. The molecule has 0 aliphatic rings. The molecule has 0 bridgehead atoms. The molecule has 1 heterocycles. The highest BCUT2D eigenvalue weighted by Gasteiger charge is 2.12. The number of H-pyrrole nitrogens is 1. The summed E-state index contributed by atoms with van der Waals surface area (Å²) in [6.45, 7) is 3.44. The number of nitrogens with zero attached hydrogens (tertiary/aromatic N) is 2. The predicted octanol–water partition coefficient (Wildman–Crippen LogP) is 4.81. The first kappa shape index (κ1) is 21.9. The number of halogens is 1. The van der Waals surface area contributed by atoms with Crippen molar-refractivity contribution in [1.82, 2.24) is 14.5 Å².